The Labute approximate surface area is 149 Å². The highest BCUT2D eigenvalue weighted by atomic mass is 79.9. The van der Waals surface area contributed by atoms with Crippen LogP contribution in [0.15, 0.2) is 65.8 Å². The molecule has 1 aliphatic rings. The van der Waals surface area contributed by atoms with Gasteiger partial charge in [-0.05, 0) is 30.7 Å². The molecule has 124 valence electrons. The van der Waals surface area contributed by atoms with E-state index in [1.54, 1.807) is 5.01 Å². The van der Waals surface area contributed by atoms with Gasteiger partial charge in [-0.15, -0.1) is 0 Å². The van der Waals surface area contributed by atoms with E-state index in [1.807, 2.05) is 60.7 Å². The molecule has 0 bridgehead atoms. The van der Waals surface area contributed by atoms with Gasteiger partial charge in [-0.2, -0.15) is 5.10 Å². The molecule has 0 aromatic heterocycles. The Hall–Kier alpha value is -2.18. The third-order valence-electron chi connectivity index (χ3n) is 3.48. The number of anilines is 2. The first kappa shape index (κ1) is 16.7. The molecule has 0 aliphatic carbocycles. The fourth-order valence-corrected chi connectivity index (χ4v) is 2.76. The second kappa shape index (κ2) is 8.08. The van der Waals surface area contributed by atoms with Gasteiger partial charge >= 0.3 is 5.97 Å². The largest absolute Gasteiger partial charge is 0.430 e. The van der Waals surface area contributed by atoms with E-state index in [0.29, 0.717) is 6.61 Å². The number of benzene rings is 2. The predicted molar refractivity (Wildman–Crippen MR) is 96.7 cm³/mol. The van der Waals surface area contributed by atoms with Gasteiger partial charge in [0, 0.05) is 0 Å². The van der Waals surface area contributed by atoms with Gasteiger partial charge in [0.25, 0.3) is 0 Å². The number of carbonyl (C=O) groups is 1. The number of ether oxygens (including phenoxy) is 2. The highest BCUT2D eigenvalue weighted by molar-refractivity contribution is 9.09. The summed E-state index contributed by atoms with van der Waals surface area (Å²) in [6, 6.07) is 19.2. The molecule has 6 heteroatoms. The van der Waals surface area contributed by atoms with E-state index in [1.165, 1.54) is 6.21 Å². The number of hydrogen-bond donors (Lipinski definition) is 0. The summed E-state index contributed by atoms with van der Waals surface area (Å²) in [7, 11) is 0. The quantitative estimate of drug-likeness (QED) is 0.337. The number of carbonyl (C=O) groups excluding carboxylic acids is 1. The second-order valence-corrected chi connectivity index (χ2v) is 6.38. The van der Waals surface area contributed by atoms with Crippen LogP contribution in [0.3, 0.4) is 0 Å². The van der Waals surface area contributed by atoms with Gasteiger partial charge in [0.2, 0.25) is 6.29 Å². The molecule has 1 aliphatic heterocycles. The van der Waals surface area contributed by atoms with Crippen molar-refractivity contribution in [3.8, 4) is 0 Å². The zero-order valence-electron chi connectivity index (χ0n) is 12.9. The highest BCUT2D eigenvalue weighted by Gasteiger charge is 2.28. The minimum atomic E-state index is -0.564. The third-order valence-corrected chi connectivity index (χ3v) is 4.37. The monoisotopic (exact) mass is 388 g/mol. The molecule has 0 spiro atoms. The predicted octanol–water partition coefficient (Wildman–Crippen LogP) is 3.86. The molecule has 3 rings (SSSR count). The molecule has 1 fully saturated rings. The molecule has 0 amide bonds. The Morgan fingerprint density at radius 3 is 2.21 bits per heavy atom. The summed E-state index contributed by atoms with van der Waals surface area (Å²) in [5, 5.41) is 5.98. The standard InChI is InChI=1S/C18H17BrN2O3/c19-16-11-12-23-18(16)24-17(22)13-20-21(14-7-3-1-4-8-14)15-9-5-2-6-10-15/h1-10,13,16,18H,11-12H2/b20-13+/t16-,18+/m0/s1. The van der Waals surface area contributed by atoms with Crippen LogP contribution >= 0.6 is 15.9 Å². The van der Waals surface area contributed by atoms with Crippen LogP contribution in [0.5, 0.6) is 0 Å². The lowest BCUT2D eigenvalue weighted by molar-refractivity contribution is -0.159. The van der Waals surface area contributed by atoms with E-state index in [0.717, 1.165) is 17.8 Å². The summed E-state index contributed by atoms with van der Waals surface area (Å²) in [6.45, 7) is 0.575. The third kappa shape index (κ3) is 4.21. The molecule has 1 heterocycles. The first-order valence-corrected chi connectivity index (χ1v) is 8.56. The first-order valence-electron chi connectivity index (χ1n) is 7.64. The van der Waals surface area contributed by atoms with Crippen molar-refractivity contribution in [3.05, 3.63) is 60.7 Å². The van der Waals surface area contributed by atoms with Crippen molar-refractivity contribution in [1.29, 1.82) is 0 Å². The highest BCUT2D eigenvalue weighted by Crippen LogP contribution is 2.25. The van der Waals surface area contributed by atoms with E-state index in [2.05, 4.69) is 21.0 Å². The summed E-state index contributed by atoms with van der Waals surface area (Å²) in [5.41, 5.74) is 1.70. The zero-order valence-corrected chi connectivity index (χ0v) is 14.5. The zero-order chi connectivity index (χ0) is 16.8. The number of nitrogens with zero attached hydrogens (tertiary/aromatic N) is 2. The lowest BCUT2D eigenvalue weighted by Crippen LogP contribution is -2.25. The van der Waals surface area contributed by atoms with Crippen molar-refractivity contribution < 1.29 is 14.3 Å². The van der Waals surface area contributed by atoms with Gasteiger partial charge in [-0.1, -0.05) is 52.3 Å². The molecule has 2 aromatic carbocycles. The summed E-state index contributed by atoms with van der Waals surface area (Å²) in [6.07, 6.45) is 1.42. The van der Waals surface area contributed by atoms with Gasteiger partial charge in [-0.25, -0.2) is 9.80 Å². The molecule has 24 heavy (non-hydrogen) atoms. The Morgan fingerprint density at radius 2 is 1.71 bits per heavy atom. The van der Waals surface area contributed by atoms with E-state index in [9.17, 15) is 4.79 Å². The summed E-state index contributed by atoms with van der Waals surface area (Å²) >= 11 is 3.43. The van der Waals surface area contributed by atoms with Gasteiger partial charge < -0.3 is 9.47 Å². The van der Waals surface area contributed by atoms with Crippen molar-refractivity contribution in [2.24, 2.45) is 5.10 Å². The van der Waals surface area contributed by atoms with Crippen molar-refractivity contribution in [2.75, 3.05) is 11.6 Å². The minimum absolute atomic E-state index is 0.0224. The topological polar surface area (TPSA) is 51.1 Å². The molecular weight excluding hydrogens is 372 g/mol. The Balaban J connectivity index is 1.75. The molecular formula is C18H17BrN2O3. The number of halogens is 1. The molecule has 2 aromatic rings. The van der Waals surface area contributed by atoms with Gasteiger partial charge in [0.1, 0.15) is 6.21 Å². The summed E-state index contributed by atoms with van der Waals surface area (Å²) < 4.78 is 10.6. The molecule has 1 saturated heterocycles. The molecule has 0 saturated carbocycles. The lowest BCUT2D eigenvalue weighted by Gasteiger charge is -2.19. The maximum Gasteiger partial charge on any atom is 0.353 e. The van der Waals surface area contributed by atoms with E-state index < -0.39 is 12.3 Å². The molecule has 0 radical (unpaired) electrons. The Morgan fingerprint density at radius 1 is 1.12 bits per heavy atom. The Bertz CT molecular complexity index is 654. The second-order valence-electron chi connectivity index (χ2n) is 5.21. The molecule has 2 atom stereocenters. The molecule has 0 unspecified atom stereocenters. The van der Waals surface area contributed by atoms with Crippen LogP contribution in [0.2, 0.25) is 0 Å². The fraction of sp³-hybridized carbons (Fsp3) is 0.222. The average Bonchev–Trinajstić information content (AvgIpc) is 3.02. The number of para-hydroxylation sites is 2. The van der Waals surface area contributed by atoms with Crippen molar-refractivity contribution >= 4 is 39.5 Å². The van der Waals surface area contributed by atoms with Crippen LogP contribution in [-0.4, -0.2) is 29.9 Å². The number of hydrazone groups is 1. The smallest absolute Gasteiger partial charge is 0.353 e. The number of hydrogen-bond acceptors (Lipinski definition) is 5. The Kier molecular flexibility index (Phi) is 5.61. The maximum atomic E-state index is 12.0. The van der Waals surface area contributed by atoms with Gasteiger partial charge in [0.05, 0.1) is 22.8 Å². The maximum absolute atomic E-state index is 12.0. The van der Waals surface area contributed by atoms with Crippen molar-refractivity contribution in [3.63, 3.8) is 0 Å². The summed E-state index contributed by atoms with van der Waals surface area (Å²) in [4.78, 5) is 12.0. The number of alkyl halides is 1. The van der Waals surface area contributed by atoms with Crippen LogP contribution < -0.4 is 5.01 Å². The first-order chi connectivity index (χ1) is 11.7. The minimum Gasteiger partial charge on any atom is -0.430 e. The van der Waals surface area contributed by atoms with Crippen LogP contribution in [0.4, 0.5) is 11.4 Å². The van der Waals surface area contributed by atoms with Crippen LogP contribution in [0, 0.1) is 0 Å². The van der Waals surface area contributed by atoms with Crippen LogP contribution in [0.25, 0.3) is 0 Å². The fourth-order valence-electron chi connectivity index (χ4n) is 2.32. The SMILES string of the molecule is O=C(/C=N/N(c1ccccc1)c1ccccc1)O[C@H]1OCC[C@@H]1Br. The van der Waals surface area contributed by atoms with Crippen molar-refractivity contribution in [1.82, 2.24) is 0 Å². The summed E-state index contributed by atoms with van der Waals surface area (Å²) in [5.74, 6) is -0.539. The average molecular weight is 389 g/mol. The molecule has 0 N–H and O–H groups in total. The lowest BCUT2D eigenvalue weighted by atomic mass is 10.2. The van der Waals surface area contributed by atoms with Gasteiger partial charge in [0.15, 0.2) is 0 Å². The molecule has 5 nitrogen and oxygen atoms in total. The number of rotatable bonds is 5. The van der Waals surface area contributed by atoms with Crippen molar-refractivity contribution in [2.45, 2.75) is 17.5 Å². The van der Waals surface area contributed by atoms with E-state index in [4.69, 9.17) is 9.47 Å². The number of esters is 1. The van der Waals surface area contributed by atoms with Crippen LogP contribution in [-0.2, 0) is 14.3 Å². The van der Waals surface area contributed by atoms with Gasteiger partial charge in [-0.3, -0.25) is 0 Å². The van der Waals surface area contributed by atoms with E-state index >= 15 is 0 Å². The van der Waals surface area contributed by atoms with E-state index in [-0.39, 0.29) is 4.83 Å². The normalized spacial score (nSPS) is 20.2. The van der Waals surface area contributed by atoms with Crippen LogP contribution in [0.1, 0.15) is 6.42 Å².